The smallest absolute Gasteiger partial charge is 0.0731 e. The normalized spacial score (nSPS) is 13.6. The van der Waals surface area contributed by atoms with E-state index in [9.17, 15) is 0 Å². The molecule has 0 bridgehead atoms. The molecule has 0 atom stereocenters. The van der Waals surface area contributed by atoms with Gasteiger partial charge < -0.3 is 4.57 Å². The minimum Gasteiger partial charge on any atom is -0.309 e. The maximum absolute atomic E-state index is 2.44. The zero-order valence-corrected chi connectivity index (χ0v) is 26.2. The van der Waals surface area contributed by atoms with Crippen molar-refractivity contribution in [3.05, 3.63) is 198 Å². The molecule has 0 saturated carbocycles. The van der Waals surface area contributed by atoms with Gasteiger partial charge in [-0.2, -0.15) is 0 Å². The van der Waals surface area contributed by atoms with Crippen LogP contribution in [0.4, 0.5) is 0 Å². The van der Waals surface area contributed by atoms with Crippen LogP contribution in [-0.2, 0) is 5.41 Å². The van der Waals surface area contributed by atoms with Crippen molar-refractivity contribution in [3.63, 3.8) is 0 Å². The van der Waals surface area contributed by atoms with Gasteiger partial charge in [-0.3, -0.25) is 0 Å². The van der Waals surface area contributed by atoms with E-state index in [1.807, 2.05) is 0 Å². The molecule has 0 amide bonds. The fourth-order valence-corrected chi connectivity index (χ4v) is 9.20. The lowest BCUT2D eigenvalue weighted by atomic mass is 9.69. The van der Waals surface area contributed by atoms with Crippen LogP contribution in [0.2, 0.25) is 0 Å². The van der Waals surface area contributed by atoms with Crippen molar-refractivity contribution in [3.8, 4) is 39.1 Å². The van der Waals surface area contributed by atoms with Gasteiger partial charge in [-0.15, -0.1) is 0 Å². The van der Waals surface area contributed by atoms with Crippen molar-refractivity contribution in [2.45, 2.75) is 5.41 Å². The molecular weight excluding hydrogens is 579 g/mol. The molecule has 48 heavy (non-hydrogen) atoms. The maximum Gasteiger partial charge on any atom is 0.0731 e. The summed E-state index contributed by atoms with van der Waals surface area (Å²) in [5, 5.41) is 5.13. The second-order valence-corrected chi connectivity index (χ2v) is 13.2. The van der Waals surface area contributed by atoms with E-state index in [-0.39, 0.29) is 0 Å². The molecule has 2 aliphatic carbocycles. The predicted octanol–water partition coefficient (Wildman–Crippen LogP) is 11.9. The van der Waals surface area contributed by atoms with Crippen molar-refractivity contribution in [2.75, 3.05) is 0 Å². The summed E-state index contributed by atoms with van der Waals surface area (Å²) in [7, 11) is 0. The van der Waals surface area contributed by atoms with Gasteiger partial charge in [-0.25, -0.2) is 0 Å². The highest BCUT2D eigenvalue weighted by Gasteiger charge is 2.52. The fourth-order valence-electron chi connectivity index (χ4n) is 9.20. The molecule has 222 valence electrons. The molecule has 0 radical (unpaired) electrons. The SMILES string of the molecule is c1ccc(-n2c3ccccc3c3ccc(-c4cc5ccccc5c5c4-c4ccccc4C54c5ccccc5-c5ccccc54)cc32)cc1. The third-order valence-electron chi connectivity index (χ3n) is 11.0. The summed E-state index contributed by atoms with van der Waals surface area (Å²) in [6.07, 6.45) is 0. The van der Waals surface area contributed by atoms with Gasteiger partial charge in [-0.05, 0) is 96.7 Å². The Balaban J connectivity index is 1.30. The summed E-state index contributed by atoms with van der Waals surface area (Å²) < 4.78 is 2.42. The highest BCUT2D eigenvalue weighted by atomic mass is 15.0. The van der Waals surface area contributed by atoms with E-state index in [0.717, 1.165) is 0 Å². The van der Waals surface area contributed by atoms with Crippen LogP contribution in [0.15, 0.2) is 176 Å². The van der Waals surface area contributed by atoms with Crippen molar-refractivity contribution in [2.24, 2.45) is 0 Å². The first kappa shape index (κ1) is 25.9. The average Bonchev–Trinajstić information content (AvgIpc) is 3.77. The van der Waals surface area contributed by atoms with Crippen LogP contribution >= 0.6 is 0 Å². The average molecular weight is 608 g/mol. The van der Waals surface area contributed by atoms with Gasteiger partial charge in [0, 0.05) is 16.5 Å². The monoisotopic (exact) mass is 607 g/mol. The molecule has 1 spiro atoms. The predicted molar refractivity (Wildman–Crippen MR) is 200 cm³/mol. The highest BCUT2D eigenvalue weighted by molar-refractivity contribution is 6.13. The third kappa shape index (κ3) is 3.16. The van der Waals surface area contributed by atoms with E-state index in [0.29, 0.717) is 0 Å². The molecule has 0 aliphatic heterocycles. The van der Waals surface area contributed by atoms with E-state index in [1.165, 1.54) is 93.9 Å². The molecular formula is C47H29N. The van der Waals surface area contributed by atoms with Crippen LogP contribution in [0.25, 0.3) is 71.6 Å². The molecule has 11 rings (SSSR count). The van der Waals surface area contributed by atoms with Gasteiger partial charge in [0.05, 0.1) is 16.4 Å². The summed E-state index contributed by atoms with van der Waals surface area (Å²) in [6.45, 7) is 0. The topological polar surface area (TPSA) is 4.93 Å². The van der Waals surface area contributed by atoms with Gasteiger partial charge >= 0.3 is 0 Å². The number of fused-ring (bicyclic) bond motifs is 15. The molecule has 0 fully saturated rings. The summed E-state index contributed by atoms with van der Waals surface area (Å²) in [5.74, 6) is 0. The first-order valence-corrected chi connectivity index (χ1v) is 16.8. The quantitative estimate of drug-likeness (QED) is 0.184. The van der Waals surface area contributed by atoms with Gasteiger partial charge in [-0.1, -0.05) is 146 Å². The number of aromatic nitrogens is 1. The summed E-state index contributed by atoms with van der Waals surface area (Å²) in [5.41, 5.74) is 16.6. The fraction of sp³-hybridized carbons (Fsp3) is 0.0213. The van der Waals surface area contributed by atoms with Crippen molar-refractivity contribution in [1.82, 2.24) is 4.57 Å². The lowest BCUT2D eigenvalue weighted by Crippen LogP contribution is -2.26. The Morgan fingerprint density at radius 1 is 0.375 bits per heavy atom. The summed E-state index contributed by atoms with van der Waals surface area (Å²) >= 11 is 0. The third-order valence-corrected chi connectivity index (χ3v) is 11.0. The zero-order chi connectivity index (χ0) is 31.4. The van der Waals surface area contributed by atoms with Gasteiger partial charge in [0.1, 0.15) is 0 Å². The van der Waals surface area contributed by atoms with Crippen LogP contribution in [0.3, 0.4) is 0 Å². The molecule has 1 aromatic heterocycles. The minimum atomic E-state index is -0.405. The summed E-state index contributed by atoms with van der Waals surface area (Å²) in [4.78, 5) is 0. The lowest BCUT2D eigenvalue weighted by Gasteiger charge is -2.31. The van der Waals surface area contributed by atoms with Gasteiger partial charge in [0.15, 0.2) is 0 Å². The summed E-state index contributed by atoms with van der Waals surface area (Å²) in [6, 6.07) is 65.5. The van der Waals surface area contributed by atoms with Crippen molar-refractivity contribution >= 4 is 32.6 Å². The van der Waals surface area contributed by atoms with E-state index in [2.05, 4.69) is 180 Å². The second-order valence-electron chi connectivity index (χ2n) is 13.2. The Hall–Kier alpha value is -6.18. The number of rotatable bonds is 2. The number of nitrogens with zero attached hydrogens (tertiary/aromatic N) is 1. The van der Waals surface area contributed by atoms with Crippen LogP contribution in [-0.4, -0.2) is 4.57 Å². The van der Waals surface area contributed by atoms with Crippen LogP contribution in [0.5, 0.6) is 0 Å². The van der Waals surface area contributed by atoms with Gasteiger partial charge in [0.25, 0.3) is 0 Å². The maximum atomic E-state index is 2.44. The van der Waals surface area contributed by atoms with Crippen molar-refractivity contribution in [1.29, 1.82) is 0 Å². The molecule has 0 saturated heterocycles. The molecule has 1 nitrogen and oxygen atoms in total. The minimum absolute atomic E-state index is 0.405. The Labute approximate surface area is 279 Å². The van der Waals surface area contributed by atoms with Crippen molar-refractivity contribution < 1.29 is 0 Å². The largest absolute Gasteiger partial charge is 0.309 e. The number of benzene rings is 8. The second kappa shape index (κ2) is 9.44. The lowest BCUT2D eigenvalue weighted by molar-refractivity contribution is 0.801. The molecule has 9 aromatic rings. The van der Waals surface area contributed by atoms with Crippen LogP contribution in [0, 0.1) is 0 Å². The highest BCUT2D eigenvalue weighted by Crippen LogP contribution is 2.65. The zero-order valence-electron chi connectivity index (χ0n) is 26.2. The van der Waals surface area contributed by atoms with E-state index >= 15 is 0 Å². The number of hydrogen-bond donors (Lipinski definition) is 0. The van der Waals surface area contributed by atoms with E-state index in [4.69, 9.17) is 0 Å². The first-order valence-electron chi connectivity index (χ1n) is 16.8. The Morgan fingerprint density at radius 3 is 1.69 bits per heavy atom. The van der Waals surface area contributed by atoms with Crippen LogP contribution < -0.4 is 0 Å². The van der Waals surface area contributed by atoms with E-state index in [1.54, 1.807) is 0 Å². The standard InChI is InChI=1S/C47H29N/c1-2-15-32(16-3-1)48-43-25-13-9-20-36(43)37-27-26-31(29-44(37)48)39-28-30-14-4-5-17-33(30)46-45(39)38-21-8-12-24-42(38)47(46)40-22-10-6-18-34(40)35-19-7-11-23-41(35)47/h1-29H. The Bertz CT molecular complexity index is 2740. The molecule has 0 N–H and O–H groups in total. The first-order chi connectivity index (χ1) is 23.8. The Morgan fingerprint density at radius 2 is 0.938 bits per heavy atom. The molecule has 0 unspecified atom stereocenters. The van der Waals surface area contributed by atoms with Crippen LogP contribution in [0.1, 0.15) is 22.3 Å². The van der Waals surface area contributed by atoms with Gasteiger partial charge in [0.2, 0.25) is 0 Å². The molecule has 1 heterocycles. The number of para-hydroxylation sites is 2. The number of hydrogen-bond acceptors (Lipinski definition) is 0. The molecule has 8 aromatic carbocycles. The van der Waals surface area contributed by atoms with E-state index < -0.39 is 5.41 Å². The Kier molecular flexibility index (Phi) is 5.10. The molecule has 2 aliphatic rings. The molecule has 1 heteroatoms.